The molecular formula is C26H18N2O6. The van der Waals surface area contributed by atoms with Gasteiger partial charge in [-0.25, -0.2) is 0 Å². The van der Waals surface area contributed by atoms with Crippen LogP contribution >= 0.6 is 0 Å². The Morgan fingerprint density at radius 1 is 1.03 bits per heavy atom. The Labute approximate surface area is 193 Å². The summed E-state index contributed by atoms with van der Waals surface area (Å²) in [6, 6.07) is 22.2. The summed E-state index contributed by atoms with van der Waals surface area (Å²) in [7, 11) is 0. The van der Waals surface area contributed by atoms with Crippen molar-refractivity contribution in [2.75, 3.05) is 0 Å². The van der Waals surface area contributed by atoms with Crippen molar-refractivity contribution in [1.82, 2.24) is 5.16 Å². The summed E-state index contributed by atoms with van der Waals surface area (Å²) in [5, 5.41) is 15.8. The maximum atomic E-state index is 12.8. The van der Waals surface area contributed by atoms with E-state index in [1.165, 1.54) is 12.1 Å². The minimum absolute atomic E-state index is 0.0227. The number of furan rings is 1. The zero-order valence-electron chi connectivity index (χ0n) is 18.1. The molecule has 0 aliphatic heterocycles. The molecule has 8 heteroatoms. The molecule has 34 heavy (non-hydrogen) atoms. The van der Waals surface area contributed by atoms with E-state index < -0.39 is 4.92 Å². The number of hydrogen-bond acceptors (Lipinski definition) is 7. The number of aromatic nitrogens is 1. The van der Waals surface area contributed by atoms with E-state index >= 15 is 0 Å². The average molecular weight is 454 g/mol. The van der Waals surface area contributed by atoms with Gasteiger partial charge in [0.25, 0.3) is 5.69 Å². The third-order valence-electron chi connectivity index (χ3n) is 5.44. The van der Waals surface area contributed by atoms with Crippen molar-refractivity contribution in [3.8, 4) is 17.0 Å². The number of rotatable bonds is 7. The third-order valence-corrected chi connectivity index (χ3v) is 5.44. The molecule has 2 aromatic heterocycles. The van der Waals surface area contributed by atoms with Crippen molar-refractivity contribution in [3.05, 3.63) is 112 Å². The lowest BCUT2D eigenvalue weighted by Crippen LogP contribution is -2.00. The molecule has 0 N–H and O–H groups in total. The molecule has 8 nitrogen and oxygen atoms in total. The molecule has 0 aliphatic rings. The van der Waals surface area contributed by atoms with E-state index in [4.69, 9.17) is 13.7 Å². The van der Waals surface area contributed by atoms with Crippen LogP contribution in [0.15, 0.2) is 87.8 Å². The van der Waals surface area contributed by atoms with E-state index in [2.05, 4.69) is 5.16 Å². The Hall–Kier alpha value is -4.72. The van der Waals surface area contributed by atoms with E-state index in [0.717, 1.165) is 10.9 Å². The summed E-state index contributed by atoms with van der Waals surface area (Å²) >= 11 is 0. The summed E-state index contributed by atoms with van der Waals surface area (Å²) < 4.78 is 17.0. The van der Waals surface area contributed by atoms with Crippen LogP contribution in [-0.2, 0) is 6.61 Å². The highest BCUT2D eigenvalue weighted by Gasteiger charge is 2.19. The second-order valence-corrected chi connectivity index (χ2v) is 7.68. The van der Waals surface area contributed by atoms with Gasteiger partial charge in [-0.2, -0.15) is 0 Å². The highest BCUT2D eigenvalue weighted by molar-refractivity contribution is 6.10. The Morgan fingerprint density at radius 3 is 2.65 bits per heavy atom. The number of nitro benzene ring substituents is 1. The van der Waals surface area contributed by atoms with Gasteiger partial charge in [-0.05, 0) is 19.1 Å². The van der Waals surface area contributed by atoms with E-state index in [1.54, 1.807) is 42.5 Å². The van der Waals surface area contributed by atoms with Crippen molar-refractivity contribution < 1.29 is 23.4 Å². The van der Waals surface area contributed by atoms with Crippen molar-refractivity contribution in [1.29, 1.82) is 0 Å². The second kappa shape index (κ2) is 8.67. The van der Waals surface area contributed by atoms with E-state index in [-0.39, 0.29) is 18.1 Å². The second-order valence-electron chi connectivity index (χ2n) is 7.68. The van der Waals surface area contributed by atoms with Crippen molar-refractivity contribution >= 4 is 22.4 Å². The number of ketones is 1. The maximum Gasteiger partial charge on any atom is 0.270 e. The largest absolute Gasteiger partial charge is 0.485 e. The number of nitrogens with zero attached hydrogens (tertiary/aromatic N) is 2. The van der Waals surface area contributed by atoms with Crippen molar-refractivity contribution in [2.24, 2.45) is 0 Å². The Balaban J connectivity index is 1.33. The van der Waals surface area contributed by atoms with Gasteiger partial charge in [0.15, 0.2) is 11.5 Å². The number of hydrogen-bond donors (Lipinski definition) is 0. The smallest absolute Gasteiger partial charge is 0.270 e. The quantitative estimate of drug-likeness (QED) is 0.166. The lowest BCUT2D eigenvalue weighted by atomic mass is 10.0. The van der Waals surface area contributed by atoms with Crippen LogP contribution in [0.2, 0.25) is 0 Å². The molecule has 0 saturated carbocycles. The van der Waals surface area contributed by atoms with Gasteiger partial charge >= 0.3 is 0 Å². The fourth-order valence-electron chi connectivity index (χ4n) is 3.68. The summed E-state index contributed by atoms with van der Waals surface area (Å²) in [5.41, 5.74) is 2.91. The number of carbonyl (C=O) groups excluding carboxylic acids is 1. The molecule has 0 spiro atoms. The van der Waals surface area contributed by atoms with E-state index in [9.17, 15) is 14.9 Å². The molecule has 168 valence electrons. The number of benzene rings is 3. The number of carbonyl (C=O) groups is 1. The van der Waals surface area contributed by atoms with Crippen molar-refractivity contribution in [2.45, 2.75) is 13.5 Å². The first-order valence-electron chi connectivity index (χ1n) is 10.5. The Kier molecular flexibility index (Phi) is 5.39. The fourth-order valence-corrected chi connectivity index (χ4v) is 3.68. The molecule has 3 aromatic carbocycles. The zero-order chi connectivity index (χ0) is 23.7. The molecule has 0 amide bonds. The molecule has 5 rings (SSSR count). The molecule has 0 fully saturated rings. The number of nitro groups is 1. The Morgan fingerprint density at radius 2 is 1.85 bits per heavy atom. The number of aryl methyl sites for hydroxylation is 1. The molecular weight excluding hydrogens is 436 g/mol. The van der Waals surface area contributed by atoms with Crippen LogP contribution < -0.4 is 4.74 Å². The van der Waals surface area contributed by atoms with Crippen LogP contribution in [0.4, 0.5) is 5.69 Å². The third kappa shape index (κ3) is 4.04. The maximum absolute atomic E-state index is 12.8. The fraction of sp³-hybridized carbons (Fsp3) is 0.0769. The molecule has 5 aromatic rings. The van der Waals surface area contributed by atoms with Crippen LogP contribution in [0.1, 0.15) is 27.4 Å². The van der Waals surface area contributed by atoms with Crippen LogP contribution in [-0.4, -0.2) is 15.9 Å². The first kappa shape index (κ1) is 21.1. The molecule has 0 bridgehead atoms. The topological polar surface area (TPSA) is 109 Å². The lowest BCUT2D eigenvalue weighted by molar-refractivity contribution is -0.384. The molecule has 0 saturated heterocycles. The summed E-state index contributed by atoms with van der Waals surface area (Å²) in [4.78, 5) is 23.4. The summed E-state index contributed by atoms with van der Waals surface area (Å²) in [6.07, 6.45) is 0. The minimum Gasteiger partial charge on any atom is -0.485 e. The molecule has 0 radical (unpaired) electrons. The predicted molar refractivity (Wildman–Crippen MR) is 124 cm³/mol. The number of fused-ring (bicyclic) bond motifs is 1. The predicted octanol–water partition coefficient (Wildman–Crippen LogP) is 6.11. The first-order chi connectivity index (χ1) is 16.5. The zero-order valence-corrected chi connectivity index (χ0v) is 18.1. The van der Waals surface area contributed by atoms with Crippen LogP contribution in [0.25, 0.3) is 22.2 Å². The van der Waals surface area contributed by atoms with Gasteiger partial charge in [-0.1, -0.05) is 47.6 Å². The van der Waals surface area contributed by atoms with Crippen LogP contribution in [0.3, 0.4) is 0 Å². The first-order valence-corrected chi connectivity index (χ1v) is 10.5. The minimum atomic E-state index is -0.459. The molecule has 0 unspecified atom stereocenters. The summed E-state index contributed by atoms with van der Waals surface area (Å²) in [6.45, 7) is 1.95. The van der Waals surface area contributed by atoms with Crippen LogP contribution in [0.5, 0.6) is 5.75 Å². The SMILES string of the molecule is Cc1c(C(=O)c2ccccc2)oc2cc(OCc3cc(-c4cccc([N+](=O)[O-])c4)no3)ccc12. The normalized spacial score (nSPS) is 11.0. The van der Waals surface area contributed by atoms with Gasteiger partial charge in [-0.15, -0.1) is 0 Å². The lowest BCUT2D eigenvalue weighted by Gasteiger charge is -2.03. The van der Waals surface area contributed by atoms with Gasteiger partial charge in [0, 0.05) is 46.3 Å². The van der Waals surface area contributed by atoms with E-state index in [0.29, 0.717) is 39.7 Å². The van der Waals surface area contributed by atoms with Gasteiger partial charge in [0.1, 0.15) is 23.6 Å². The standard InChI is InChI=1S/C26H18N2O6/c1-16-22-11-10-20(14-24(22)33-26(16)25(29)17-6-3-2-4-7-17)32-15-21-13-23(27-34-21)18-8-5-9-19(12-18)28(30)31/h2-14H,15H2,1H3. The van der Waals surface area contributed by atoms with Gasteiger partial charge < -0.3 is 13.7 Å². The monoisotopic (exact) mass is 454 g/mol. The van der Waals surface area contributed by atoms with Gasteiger partial charge in [0.2, 0.25) is 5.78 Å². The highest BCUT2D eigenvalue weighted by atomic mass is 16.6. The Bertz CT molecular complexity index is 1520. The molecule has 2 heterocycles. The number of ether oxygens (including phenoxy) is 1. The van der Waals surface area contributed by atoms with E-state index in [1.807, 2.05) is 31.2 Å². The van der Waals surface area contributed by atoms with Crippen molar-refractivity contribution in [3.63, 3.8) is 0 Å². The highest BCUT2D eigenvalue weighted by Crippen LogP contribution is 2.31. The molecule has 0 atom stereocenters. The van der Waals surface area contributed by atoms with Gasteiger partial charge in [-0.3, -0.25) is 14.9 Å². The average Bonchev–Trinajstić information content (AvgIpc) is 3.47. The summed E-state index contributed by atoms with van der Waals surface area (Å²) in [5.74, 6) is 1.12. The van der Waals surface area contributed by atoms with Crippen LogP contribution in [0, 0.1) is 17.0 Å². The number of non-ortho nitro benzene ring substituents is 1. The molecule has 0 aliphatic carbocycles. The van der Waals surface area contributed by atoms with Gasteiger partial charge in [0.05, 0.1) is 4.92 Å².